The van der Waals surface area contributed by atoms with E-state index in [0.717, 1.165) is 18.6 Å². The molecule has 1 saturated heterocycles. The molecule has 0 radical (unpaired) electrons. The van der Waals surface area contributed by atoms with Crippen molar-refractivity contribution < 1.29 is 4.79 Å². The molecule has 1 aliphatic heterocycles. The molecule has 5 rings (SSSR count). The summed E-state index contributed by atoms with van der Waals surface area (Å²) in [6, 6.07) is 19.5. The van der Waals surface area contributed by atoms with Crippen LogP contribution in [0.25, 0.3) is 0 Å². The predicted octanol–water partition coefficient (Wildman–Crippen LogP) is 5.81. The molecule has 2 aromatic carbocycles. The van der Waals surface area contributed by atoms with Gasteiger partial charge in [0.25, 0.3) is 0 Å². The first kappa shape index (κ1) is 21.1. The van der Waals surface area contributed by atoms with Gasteiger partial charge < -0.3 is 5.32 Å². The number of hydrogen-bond acceptors (Lipinski definition) is 3. The Balaban J connectivity index is 1.45. The van der Waals surface area contributed by atoms with E-state index in [0.29, 0.717) is 5.92 Å². The van der Waals surface area contributed by atoms with E-state index in [2.05, 4.69) is 66.1 Å². The molecule has 0 spiro atoms. The molecule has 2 N–H and O–H groups in total. The second-order valence-corrected chi connectivity index (χ2v) is 10.7. The fourth-order valence-electron chi connectivity index (χ4n) is 6.55. The number of nitrogens with one attached hydrogen (secondary N) is 2. The smallest absolute Gasteiger partial charge is 0.227 e. The Morgan fingerprint density at radius 3 is 2.52 bits per heavy atom. The minimum absolute atomic E-state index is 0.0177. The zero-order valence-corrected chi connectivity index (χ0v) is 19.3. The van der Waals surface area contributed by atoms with Crippen LogP contribution in [0.4, 0.5) is 0 Å². The fraction of sp³-hybridized carbons (Fsp3) is 0.519. The average Bonchev–Trinajstić information content (AvgIpc) is 2.83. The van der Waals surface area contributed by atoms with Crippen LogP contribution in [-0.2, 0) is 17.0 Å². The maximum Gasteiger partial charge on any atom is 0.227 e. The van der Waals surface area contributed by atoms with Crippen molar-refractivity contribution in [3.05, 3.63) is 71.3 Å². The Morgan fingerprint density at radius 2 is 1.74 bits per heavy atom. The third-order valence-corrected chi connectivity index (χ3v) is 9.17. The van der Waals surface area contributed by atoms with Crippen LogP contribution >= 0.6 is 11.8 Å². The molecule has 0 bridgehead atoms. The molecule has 2 aliphatic carbocycles. The van der Waals surface area contributed by atoms with Crippen molar-refractivity contribution in [2.24, 2.45) is 17.3 Å². The first-order valence-corrected chi connectivity index (χ1v) is 13.1. The fourth-order valence-corrected chi connectivity index (χ4v) is 7.54. The van der Waals surface area contributed by atoms with Crippen molar-refractivity contribution in [3.8, 4) is 0 Å². The molecule has 4 heteroatoms. The van der Waals surface area contributed by atoms with Gasteiger partial charge in [-0.3, -0.25) is 10.1 Å². The molecule has 1 heterocycles. The lowest BCUT2D eigenvalue weighted by molar-refractivity contribution is -0.139. The second kappa shape index (κ2) is 8.99. The Hall–Kier alpha value is -1.78. The largest absolute Gasteiger partial charge is 0.331 e. The van der Waals surface area contributed by atoms with Crippen LogP contribution in [0.1, 0.15) is 68.2 Å². The highest BCUT2D eigenvalue weighted by molar-refractivity contribution is 7.99. The average molecular weight is 435 g/mol. The molecule has 1 amide bonds. The van der Waals surface area contributed by atoms with Gasteiger partial charge in [-0.25, -0.2) is 0 Å². The Kier molecular flexibility index (Phi) is 6.12. The van der Waals surface area contributed by atoms with Crippen LogP contribution in [0.5, 0.6) is 0 Å². The van der Waals surface area contributed by atoms with Gasteiger partial charge in [0.15, 0.2) is 0 Å². The highest BCUT2D eigenvalue weighted by Crippen LogP contribution is 2.56. The van der Waals surface area contributed by atoms with E-state index in [9.17, 15) is 4.79 Å². The Morgan fingerprint density at radius 1 is 1.00 bits per heavy atom. The minimum Gasteiger partial charge on any atom is -0.331 e. The molecule has 3 aliphatic rings. The Bertz CT molecular complexity index is 910. The molecule has 2 fully saturated rings. The standard InChI is InChI=1S/C27H34N2OS/c1-2-27(21-14-7-4-8-15-21)17-20-13-9-10-16-22(20)24-23(27)25(30)29-26(28-24)31-18-19-11-5-3-6-12-19/h3,5-6,9-13,16,21,23-24,26,28H,2,4,7-8,14-15,17-18H2,1H3,(H,29,30). The van der Waals surface area contributed by atoms with Crippen LogP contribution in [0, 0.1) is 17.3 Å². The summed E-state index contributed by atoms with van der Waals surface area (Å²) < 4.78 is 0. The number of rotatable bonds is 5. The first-order valence-electron chi connectivity index (χ1n) is 12.0. The monoisotopic (exact) mass is 434 g/mol. The molecule has 3 nitrogen and oxygen atoms in total. The lowest BCUT2D eigenvalue weighted by atomic mass is 9.52. The molecule has 4 atom stereocenters. The molecule has 0 aromatic heterocycles. The highest BCUT2D eigenvalue weighted by atomic mass is 32.2. The SMILES string of the molecule is CCC1(C2CCCCC2)Cc2ccccc2C2NC(SCc3ccccc3)NC(=O)C21. The van der Waals surface area contributed by atoms with Crippen LogP contribution in [0.15, 0.2) is 54.6 Å². The molecule has 1 saturated carbocycles. The van der Waals surface area contributed by atoms with Crippen LogP contribution < -0.4 is 10.6 Å². The van der Waals surface area contributed by atoms with Crippen LogP contribution in [0.2, 0.25) is 0 Å². The molecular weight excluding hydrogens is 400 g/mol. The lowest BCUT2D eigenvalue weighted by Crippen LogP contribution is -2.63. The van der Waals surface area contributed by atoms with Gasteiger partial charge in [-0.15, -0.1) is 11.8 Å². The van der Waals surface area contributed by atoms with Gasteiger partial charge in [0.2, 0.25) is 5.91 Å². The van der Waals surface area contributed by atoms with Gasteiger partial charge in [0, 0.05) is 11.8 Å². The molecule has 2 aromatic rings. The van der Waals surface area contributed by atoms with E-state index < -0.39 is 0 Å². The quantitative estimate of drug-likeness (QED) is 0.624. The third-order valence-electron chi connectivity index (χ3n) is 8.09. The third kappa shape index (κ3) is 3.93. The number of thioether (sulfide) groups is 1. The first-order chi connectivity index (χ1) is 15.2. The summed E-state index contributed by atoms with van der Waals surface area (Å²) in [7, 11) is 0. The van der Waals surface area contributed by atoms with E-state index in [1.807, 2.05) is 6.07 Å². The van der Waals surface area contributed by atoms with Crippen molar-refractivity contribution in [2.45, 2.75) is 69.2 Å². The summed E-state index contributed by atoms with van der Waals surface area (Å²) in [4.78, 5) is 13.7. The molecule has 4 unspecified atom stereocenters. The number of carbonyl (C=O) groups is 1. The summed E-state index contributed by atoms with van der Waals surface area (Å²) in [5, 5.41) is 7.23. The molecule has 31 heavy (non-hydrogen) atoms. The highest BCUT2D eigenvalue weighted by Gasteiger charge is 2.56. The van der Waals surface area contributed by atoms with Gasteiger partial charge in [0.05, 0.1) is 5.92 Å². The summed E-state index contributed by atoms with van der Waals surface area (Å²) in [5.41, 5.74) is 4.09. The van der Waals surface area contributed by atoms with Crippen LogP contribution in [-0.4, -0.2) is 11.4 Å². The predicted molar refractivity (Wildman–Crippen MR) is 128 cm³/mol. The summed E-state index contributed by atoms with van der Waals surface area (Å²) >= 11 is 1.78. The topological polar surface area (TPSA) is 41.1 Å². The van der Waals surface area contributed by atoms with E-state index in [1.54, 1.807) is 11.8 Å². The molecule has 164 valence electrons. The normalized spacial score (nSPS) is 30.9. The van der Waals surface area contributed by atoms with Gasteiger partial charge in [0.1, 0.15) is 5.50 Å². The maximum absolute atomic E-state index is 13.7. The van der Waals surface area contributed by atoms with Gasteiger partial charge in [-0.05, 0) is 53.7 Å². The Labute approximate surface area is 190 Å². The van der Waals surface area contributed by atoms with Crippen molar-refractivity contribution in [1.29, 1.82) is 0 Å². The van der Waals surface area contributed by atoms with Crippen molar-refractivity contribution in [2.75, 3.05) is 0 Å². The van der Waals surface area contributed by atoms with Crippen molar-refractivity contribution in [3.63, 3.8) is 0 Å². The summed E-state index contributed by atoms with van der Waals surface area (Å²) in [6.45, 7) is 2.32. The number of carbonyl (C=O) groups excluding carboxylic acids is 1. The number of benzene rings is 2. The van der Waals surface area contributed by atoms with E-state index >= 15 is 0 Å². The second-order valence-electron chi connectivity index (χ2n) is 9.60. The van der Waals surface area contributed by atoms with Crippen LogP contribution in [0.3, 0.4) is 0 Å². The summed E-state index contributed by atoms with van der Waals surface area (Å²) in [6.07, 6.45) is 8.65. The lowest BCUT2D eigenvalue weighted by Gasteiger charge is -2.55. The molecular formula is C27H34N2OS. The summed E-state index contributed by atoms with van der Waals surface area (Å²) in [5.74, 6) is 1.81. The zero-order chi connectivity index (χ0) is 21.3. The van der Waals surface area contributed by atoms with Gasteiger partial charge in [-0.1, -0.05) is 80.8 Å². The zero-order valence-electron chi connectivity index (χ0n) is 18.5. The van der Waals surface area contributed by atoms with E-state index in [1.165, 1.54) is 48.8 Å². The van der Waals surface area contributed by atoms with Crippen molar-refractivity contribution in [1.82, 2.24) is 10.6 Å². The maximum atomic E-state index is 13.7. The van der Waals surface area contributed by atoms with E-state index in [4.69, 9.17) is 0 Å². The number of amides is 1. The number of fused-ring (bicyclic) bond motifs is 3. The van der Waals surface area contributed by atoms with Crippen molar-refractivity contribution >= 4 is 17.7 Å². The van der Waals surface area contributed by atoms with Gasteiger partial charge >= 0.3 is 0 Å². The van der Waals surface area contributed by atoms with Gasteiger partial charge in [-0.2, -0.15) is 0 Å². The number of hydrogen-bond donors (Lipinski definition) is 2. The minimum atomic E-state index is -0.0546. The van der Waals surface area contributed by atoms with E-state index in [-0.39, 0.29) is 28.8 Å².